The van der Waals surface area contributed by atoms with Gasteiger partial charge in [0.1, 0.15) is 5.75 Å². The van der Waals surface area contributed by atoms with Crippen LogP contribution in [0.25, 0.3) is 0 Å². The number of halogens is 1. The van der Waals surface area contributed by atoms with Crippen molar-refractivity contribution in [2.24, 2.45) is 0 Å². The third-order valence-corrected chi connectivity index (χ3v) is 2.56. The van der Waals surface area contributed by atoms with Crippen molar-refractivity contribution < 1.29 is 9.53 Å². The number of benzene rings is 1. The summed E-state index contributed by atoms with van der Waals surface area (Å²) in [6.45, 7) is 1.90. The first-order chi connectivity index (χ1) is 6.57. The minimum Gasteiger partial charge on any atom is -0.475 e. The summed E-state index contributed by atoms with van der Waals surface area (Å²) < 4.78 is 5.25. The van der Waals surface area contributed by atoms with Gasteiger partial charge in [-0.2, -0.15) is 0 Å². The number of alkyl halides is 1. The third kappa shape index (κ3) is 2.00. The van der Waals surface area contributed by atoms with Crippen molar-refractivity contribution >= 4 is 34.2 Å². The Hall–Kier alpha value is -0.780. The Bertz CT molecular complexity index is 376. The minimum absolute atomic E-state index is 0.00755. The number of rotatable bonds is 0. The maximum absolute atomic E-state index is 11.5. The monoisotopic (exact) mass is 303 g/mol. The van der Waals surface area contributed by atoms with E-state index in [0.717, 1.165) is 11.4 Å². The number of hydrogen-bond acceptors (Lipinski definition) is 2. The Morgan fingerprint density at radius 1 is 1.50 bits per heavy atom. The molecule has 1 heterocycles. The number of fused-ring (bicyclic) bond motifs is 1. The van der Waals surface area contributed by atoms with Gasteiger partial charge >= 0.3 is 0 Å². The maximum Gasteiger partial charge on any atom is 0.229 e. The molecule has 74 valence electrons. The van der Waals surface area contributed by atoms with E-state index in [1.165, 1.54) is 0 Å². The zero-order chi connectivity index (χ0) is 10.2. The molecule has 0 spiro atoms. The van der Waals surface area contributed by atoms with Gasteiger partial charge in [0.15, 0.2) is 3.61 Å². The van der Waals surface area contributed by atoms with Crippen LogP contribution in [0.15, 0.2) is 24.3 Å². The molecule has 3 nitrogen and oxygen atoms in total. The number of anilines is 1. The normalized spacial score (nSPS) is 25.7. The van der Waals surface area contributed by atoms with Crippen LogP contribution in [0.3, 0.4) is 0 Å². The molecule has 0 fully saturated rings. The molecule has 0 radical (unpaired) electrons. The maximum atomic E-state index is 11.5. The summed E-state index contributed by atoms with van der Waals surface area (Å²) in [5.41, 5.74) is 0.748. The molecular weight excluding hydrogens is 293 g/mol. The molecule has 1 aliphatic rings. The highest BCUT2D eigenvalue weighted by atomic mass is 127. The van der Waals surface area contributed by atoms with Crippen LogP contribution in [0.4, 0.5) is 5.69 Å². The van der Waals surface area contributed by atoms with E-state index in [0.29, 0.717) is 6.42 Å². The van der Waals surface area contributed by atoms with Crippen molar-refractivity contribution in [2.45, 2.75) is 17.0 Å². The Balaban J connectivity index is 2.42. The fourth-order valence-corrected chi connectivity index (χ4v) is 1.99. The molecule has 0 aromatic heterocycles. The Kier molecular flexibility index (Phi) is 2.38. The lowest BCUT2D eigenvalue weighted by Crippen LogP contribution is -2.27. The van der Waals surface area contributed by atoms with Crippen LogP contribution in [0.1, 0.15) is 13.3 Å². The number of carbonyl (C=O) groups excluding carboxylic acids is 1. The second kappa shape index (κ2) is 3.42. The minimum atomic E-state index is -0.464. The summed E-state index contributed by atoms with van der Waals surface area (Å²) in [4.78, 5) is 11.5. The highest BCUT2D eigenvalue weighted by molar-refractivity contribution is 14.1. The largest absolute Gasteiger partial charge is 0.475 e. The van der Waals surface area contributed by atoms with Gasteiger partial charge in [0, 0.05) is 0 Å². The number of nitrogens with one attached hydrogen (secondary N) is 1. The van der Waals surface area contributed by atoms with Crippen LogP contribution in [0.5, 0.6) is 5.75 Å². The number of para-hydroxylation sites is 2. The molecule has 1 aliphatic heterocycles. The zero-order valence-corrected chi connectivity index (χ0v) is 9.87. The summed E-state index contributed by atoms with van der Waals surface area (Å²) in [5, 5.41) is 2.81. The van der Waals surface area contributed by atoms with Crippen molar-refractivity contribution in [3.8, 4) is 5.75 Å². The smallest absolute Gasteiger partial charge is 0.229 e. The first kappa shape index (κ1) is 9.76. The van der Waals surface area contributed by atoms with Gasteiger partial charge in [-0.25, -0.2) is 0 Å². The van der Waals surface area contributed by atoms with Gasteiger partial charge in [0.25, 0.3) is 0 Å². The molecule has 1 unspecified atom stereocenters. The van der Waals surface area contributed by atoms with E-state index in [-0.39, 0.29) is 5.91 Å². The average Bonchev–Trinajstić information content (AvgIpc) is 2.16. The molecule has 1 aromatic rings. The van der Waals surface area contributed by atoms with Gasteiger partial charge in [-0.05, 0) is 41.6 Å². The van der Waals surface area contributed by atoms with E-state index in [1.54, 1.807) is 0 Å². The molecule has 2 rings (SSSR count). The number of ether oxygens (including phenoxy) is 1. The molecule has 4 heteroatoms. The highest BCUT2D eigenvalue weighted by Crippen LogP contribution is 2.35. The zero-order valence-electron chi connectivity index (χ0n) is 7.71. The molecular formula is C10H10INO2. The van der Waals surface area contributed by atoms with Gasteiger partial charge < -0.3 is 10.1 Å². The van der Waals surface area contributed by atoms with Crippen LogP contribution in [0, 0.1) is 0 Å². The quantitative estimate of drug-likeness (QED) is 0.591. The van der Waals surface area contributed by atoms with E-state index in [2.05, 4.69) is 27.9 Å². The van der Waals surface area contributed by atoms with Gasteiger partial charge in [0.2, 0.25) is 5.91 Å². The summed E-state index contributed by atoms with van der Waals surface area (Å²) >= 11 is 2.14. The fraction of sp³-hybridized carbons (Fsp3) is 0.300. The average molecular weight is 303 g/mol. The predicted molar refractivity (Wildman–Crippen MR) is 62.7 cm³/mol. The Labute approximate surface area is 96.0 Å². The van der Waals surface area contributed by atoms with Crippen molar-refractivity contribution in [3.63, 3.8) is 0 Å². The van der Waals surface area contributed by atoms with E-state index in [9.17, 15) is 4.79 Å². The van der Waals surface area contributed by atoms with E-state index >= 15 is 0 Å². The standard InChI is InChI=1S/C10H10INO2/c1-10(11)6-9(13)12-7-4-2-3-5-8(7)14-10/h2-5H,6H2,1H3,(H,12,13). The molecule has 0 aliphatic carbocycles. The van der Waals surface area contributed by atoms with E-state index < -0.39 is 3.61 Å². The van der Waals surface area contributed by atoms with Gasteiger partial charge in [-0.3, -0.25) is 4.79 Å². The van der Waals surface area contributed by atoms with Gasteiger partial charge in [-0.1, -0.05) is 12.1 Å². The summed E-state index contributed by atoms with van der Waals surface area (Å²) in [6, 6.07) is 7.46. The summed E-state index contributed by atoms with van der Waals surface area (Å²) in [7, 11) is 0. The van der Waals surface area contributed by atoms with Crippen LogP contribution in [-0.4, -0.2) is 9.51 Å². The van der Waals surface area contributed by atoms with Crippen LogP contribution >= 0.6 is 22.6 Å². The molecule has 0 saturated heterocycles. The predicted octanol–water partition coefficient (Wildman–Crippen LogP) is 2.56. The van der Waals surface area contributed by atoms with Crippen LogP contribution in [-0.2, 0) is 4.79 Å². The van der Waals surface area contributed by atoms with Crippen LogP contribution in [0.2, 0.25) is 0 Å². The molecule has 1 amide bonds. The molecule has 1 atom stereocenters. The lowest BCUT2D eigenvalue weighted by molar-refractivity contribution is -0.117. The number of hydrogen-bond donors (Lipinski definition) is 1. The van der Waals surface area contributed by atoms with Gasteiger partial charge in [-0.15, -0.1) is 0 Å². The van der Waals surface area contributed by atoms with Crippen molar-refractivity contribution in [1.29, 1.82) is 0 Å². The van der Waals surface area contributed by atoms with E-state index in [4.69, 9.17) is 4.74 Å². The summed E-state index contributed by atoms with van der Waals surface area (Å²) in [6.07, 6.45) is 0.363. The first-order valence-corrected chi connectivity index (χ1v) is 5.41. The van der Waals surface area contributed by atoms with Crippen LogP contribution < -0.4 is 10.1 Å². The lowest BCUT2D eigenvalue weighted by atomic mass is 10.3. The Morgan fingerprint density at radius 2 is 2.21 bits per heavy atom. The van der Waals surface area contributed by atoms with E-state index in [1.807, 2.05) is 31.2 Å². The molecule has 1 aromatic carbocycles. The molecule has 0 saturated carbocycles. The molecule has 0 bridgehead atoms. The number of carbonyl (C=O) groups is 1. The molecule has 14 heavy (non-hydrogen) atoms. The third-order valence-electron chi connectivity index (χ3n) is 1.96. The molecule has 1 N–H and O–H groups in total. The van der Waals surface area contributed by atoms with Crippen molar-refractivity contribution in [3.05, 3.63) is 24.3 Å². The second-order valence-corrected chi connectivity index (χ2v) is 5.71. The highest BCUT2D eigenvalue weighted by Gasteiger charge is 2.30. The summed E-state index contributed by atoms with van der Waals surface area (Å²) in [5.74, 6) is 0.724. The topological polar surface area (TPSA) is 38.3 Å². The fourth-order valence-electron chi connectivity index (χ4n) is 1.41. The number of amides is 1. The van der Waals surface area contributed by atoms with Crippen molar-refractivity contribution in [1.82, 2.24) is 0 Å². The van der Waals surface area contributed by atoms with Gasteiger partial charge in [0.05, 0.1) is 12.1 Å². The SMILES string of the molecule is CC1(I)CC(=O)Nc2ccccc2O1. The Morgan fingerprint density at radius 3 is 3.00 bits per heavy atom. The first-order valence-electron chi connectivity index (χ1n) is 4.34. The second-order valence-electron chi connectivity index (χ2n) is 3.42. The lowest BCUT2D eigenvalue weighted by Gasteiger charge is -2.20. The van der Waals surface area contributed by atoms with Crippen molar-refractivity contribution in [2.75, 3.05) is 5.32 Å².